The van der Waals surface area contributed by atoms with Crippen LogP contribution in [-0.4, -0.2) is 50.4 Å². The maximum Gasteiger partial charge on any atom is 0.251 e. The smallest absolute Gasteiger partial charge is 0.251 e. The van der Waals surface area contributed by atoms with Crippen molar-refractivity contribution < 1.29 is 9.84 Å². The van der Waals surface area contributed by atoms with Crippen LogP contribution in [0.3, 0.4) is 0 Å². The van der Waals surface area contributed by atoms with Gasteiger partial charge in [0.25, 0.3) is 5.56 Å². The summed E-state index contributed by atoms with van der Waals surface area (Å²) in [5, 5.41) is 14.0. The van der Waals surface area contributed by atoms with Gasteiger partial charge in [0, 0.05) is 50.2 Å². The molecule has 3 aromatic carbocycles. The Morgan fingerprint density at radius 3 is 2.42 bits per heavy atom. The van der Waals surface area contributed by atoms with Crippen molar-refractivity contribution in [2.45, 2.75) is 12.1 Å². The number of ether oxygens (including phenoxy) is 1. The number of hydrogen-bond acceptors (Lipinski definition) is 5. The third kappa shape index (κ3) is 4.75. The van der Waals surface area contributed by atoms with Gasteiger partial charge >= 0.3 is 0 Å². The van der Waals surface area contributed by atoms with E-state index in [1.54, 1.807) is 30.2 Å². The normalized spacial score (nSPS) is 15.8. The van der Waals surface area contributed by atoms with Crippen molar-refractivity contribution in [2.24, 2.45) is 14.1 Å². The summed E-state index contributed by atoms with van der Waals surface area (Å²) < 4.78 is 8.94. The second kappa shape index (κ2) is 10.7. The number of hydrogen-bond donors (Lipinski definition) is 1. The molecule has 0 amide bonds. The first-order valence-corrected chi connectivity index (χ1v) is 13.7. The van der Waals surface area contributed by atoms with Crippen LogP contribution in [0.4, 0.5) is 0 Å². The number of aryl methyl sites for hydroxylation is 2. The third-order valence-electron chi connectivity index (χ3n) is 7.87. The Morgan fingerprint density at radius 2 is 1.73 bits per heavy atom. The van der Waals surface area contributed by atoms with Gasteiger partial charge in [0.1, 0.15) is 0 Å². The van der Waals surface area contributed by atoms with Crippen LogP contribution in [0.25, 0.3) is 22.0 Å². The quantitative estimate of drug-likeness (QED) is 0.329. The van der Waals surface area contributed by atoms with Crippen molar-refractivity contribution >= 4 is 22.5 Å². The lowest BCUT2D eigenvalue weighted by Crippen LogP contribution is -2.35. The molecule has 1 aliphatic rings. The highest BCUT2D eigenvalue weighted by atomic mass is 35.5. The van der Waals surface area contributed by atoms with Crippen LogP contribution in [-0.2, 0) is 31.0 Å². The molecule has 3 heterocycles. The van der Waals surface area contributed by atoms with Gasteiger partial charge in [0.2, 0.25) is 0 Å². The van der Waals surface area contributed by atoms with E-state index >= 15 is 0 Å². The van der Waals surface area contributed by atoms with E-state index in [4.69, 9.17) is 16.3 Å². The largest absolute Gasteiger partial charge is 0.379 e. The van der Waals surface area contributed by atoms with Crippen LogP contribution >= 0.6 is 11.6 Å². The van der Waals surface area contributed by atoms with Gasteiger partial charge in [-0.3, -0.25) is 9.69 Å². The predicted molar refractivity (Wildman–Crippen MR) is 157 cm³/mol. The molecule has 0 radical (unpaired) electrons. The van der Waals surface area contributed by atoms with Gasteiger partial charge in [-0.15, -0.1) is 0 Å². The van der Waals surface area contributed by atoms with E-state index in [0.29, 0.717) is 16.3 Å². The fraction of sp³-hybridized carbons (Fsp3) is 0.250. The van der Waals surface area contributed by atoms with Gasteiger partial charge in [0.05, 0.1) is 36.9 Å². The molecular formula is C32H31ClN4O3. The highest BCUT2D eigenvalue weighted by Gasteiger charge is 2.37. The zero-order valence-corrected chi connectivity index (χ0v) is 23.3. The second-order valence-electron chi connectivity index (χ2n) is 10.4. The van der Waals surface area contributed by atoms with Crippen molar-refractivity contribution in [3.63, 3.8) is 0 Å². The number of rotatable bonds is 6. The minimum Gasteiger partial charge on any atom is -0.379 e. The lowest BCUT2D eigenvalue weighted by molar-refractivity contribution is 0.0342. The first kappa shape index (κ1) is 26.5. The number of halogens is 1. The van der Waals surface area contributed by atoms with Crippen LogP contribution in [0.15, 0.2) is 90.1 Å². The van der Waals surface area contributed by atoms with Crippen LogP contribution in [0.2, 0.25) is 5.02 Å². The zero-order valence-electron chi connectivity index (χ0n) is 22.5. The number of benzene rings is 3. The summed E-state index contributed by atoms with van der Waals surface area (Å²) in [7, 11) is 3.63. The van der Waals surface area contributed by atoms with Crippen LogP contribution in [0.5, 0.6) is 0 Å². The average Bonchev–Trinajstić information content (AvgIpc) is 3.41. The van der Waals surface area contributed by atoms with E-state index in [2.05, 4.69) is 22.0 Å². The second-order valence-corrected chi connectivity index (χ2v) is 10.8. The molecule has 0 aliphatic carbocycles. The van der Waals surface area contributed by atoms with Crippen LogP contribution in [0, 0.1) is 0 Å². The highest BCUT2D eigenvalue weighted by Crippen LogP contribution is 2.39. The summed E-state index contributed by atoms with van der Waals surface area (Å²) in [6, 6.07) is 23.0. The molecule has 40 heavy (non-hydrogen) atoms. The Hall–Kier alpha value is -3.75. The Morgan fingerprint density at radius 1 is 0.975 bits per heavy atom. The monoisotopic (exact) mass is 554 g/mol. The zero-order chi connectivity index (χ0) is 27.9. The number of imidazole rings is 1. The topological polar surface area (TPSA) is 72.5 Å². The SMILES string of the molecule is Cn1cncc1C(O)(c1ccc(CN2CCOCC2)cc1)c1ccc2c(c1)c(-c1cccc(Cl)c1)cc(=O)n2C. The molecule has 0 bridgehead atoms. The number of aliphatic hydroxyl groups is 1. The number of nitrogens with zero attached hydrogens (tertiary/aromatic N) is 4. The van der Waals surface area contributed by atoms with Crippen molar-refractivity contribution in [3.05, 3.63) is 123 Å². The molecule has 1 aliphatic heterocycles. The van der Waals surface area contributed by atoms with E-state index in [1.807, 2.05) is 66.2 Å². The summed E-state index contributed by atoms with van der Waals surface area (Å²) in [5.74, 6) is 0. The minimum atomic E-state index is -1.49. The molecule has 2 aromatic heterocycles. The number of fused-ring (bicyclic) bond motifs is 1. The predicted octanol–water partition coefficient (Wildman–Crippen LogP) is 4.71. The van der Waals surface area contributed by atoms with Gasteiger partial charge in [-0.1, -0.05) is 54.1 Å². The molecular weight excluding hydrogens is 524 g/mol. The first-order valence-electron chi connectivity index (χ1n) is 13.3. The number of pyridine rings is 1. The molecule has 5 aromatic rings. The molecule has 0 spiro atoms. The molecule has 1 N–H and O–H groups in total. The first-order chi connectivity index (χ1) is 19.3. The van der Waals surface area contributed by atoms with Crippen molar-refractivity contribution in [1.82, 2.24) is 19.0 Å². The van der Waals surface area contributed by atoms with Gasteiger partial charge in [-0.2, -0.15) is 0 Å². The molecule has 6 rings (SSSR count). The van der Waals surface area contributed by atoms with Gasteiger partial charge in [0.15, 0.2) is 5.60 Å². The number of morpholine rings is 1. The van der Waals surface area contributed by atoms with E-state index in [-0.39, 0.29) is 5.56 Å². The fourth-order valence-electron chi connectivity index (χ4n) is 5.62. The maximum absolute atomic E-state index is 12.9. The summed E-state index contributed by atoms with van der Waals surface area (Å²) in [6.45, 7) is 4.16. The number of aromatic nitrogens is 3. The van der Waals surface area contributed by atoms with Crippen molar-refractivity contribution in [2.75, 3.05) is 26.3 Å². The molecule has 7 nitrogen and oxygen atoms in total. The molecule has 8 heteroatoms. The average molecular weight is 555 g/mol. The summed E-state index contributed by atoms with van der Waals surface area (Å²) in [4.78, 5) is 19.6. The minimum absolute atomic E-state index is 0.118. The summed E-state index contributed by atoms with van der Waals surface area (Å²) >= 11 is 6.32. The highest BCUT2D eigenvalue weighted by molar-refractivity contribution is 6.30. The molecule has 1 saturated heterocycles. The van der Waals surface area contributed by atoms with Crippen LogP contribution in [0.1, 0.15) is 22.4 Å². The van der Waals surface area contributed by atoms with Gasteiger partial charge in [-0.25, -0.2) is 4.98 Å². The lowest BCUT2D eigenvalue weighted by atomic mass is 9.82. The van der Waals surface area contributed by atoms with E-state index in [1.165, 1.54) is 5.56 Å². The van der Waals surface area contributed by atoms with Gasteiger partial charge < -0.3 is 19.0 Å². The summed E-state index contributed by atoms with van der Waals surface area (Å²) in [5.41, 5.74) is 3.97. The fourth-order valence-corrected chi connectivity index (χ4v) is 5.81. The van der Waals surface area contributed by atoms with Gasteiger partial charge in [-0.05, 0) is 52.1 Å². The van der Waals surface area contributed by atoms with E-state index in [0.717, 1.165) is 60.4 Å². The molecule has 0 saturated carbocycles. The van der Waals surface area contributed by atoms with Crippen molar-refractivity contribution in [1.29, 1.82) is 0 Å². The Labute approximate surface area is 237 Å². The Bertz CT molecular complexity index is 1740. The standard InChI is InChI=1S/C32H31ClN4O3/c1-35-21-34-19-30(35)32(39,24-8-6-22(7-9-24)20-37-12-14-40-15-13-37)25-10-11-29-28(17-25)27(18-31(38)36(29)2)23-4-3-5-26(33)16-23/h3-11,16-19,21,39H,12-15,20H2,1-2H3. The Kier molecular flexibility index (Phi) is 7.06. The van der Waals surface area contributed by atoms with Crippen LogP contribution < -0.4 is 5.56 Å². The lowest BCUT2D eigenvalue weighted by Gasteiger charge is -2.31. The molecule has 1 unspecified atom stereocenters. The summed E-state index contributed by atoms with van der Waals surface area (Å²) in [6.07, 6.45) is 3.39. The van der Waals surface area contributed by atoms with E-state index in [9.17, 15) is 9.90 Å². The molecule has 1 fully saturated rings. The molecule has 1 atom stereocenters. The van der Waals surface area contributed by atoms with Crippen molar-refractivity contribution in [3.8, 4) is 11.1 Å². The molecule has 204 valence electrons. The van der Waals surface area contributed by atoms with E-state index < -0.39 is 5.60 Å². The maximum atomic E-state index is 12.9. The Balaban J connectivity index is 1.50. The third-order valence-corrected chi connectivity index (χ3v) is 8.10.